The average molecular weight is 365 g/mol. The van der Waals surface area contributed by atoms with Crippen molar-refractivity contribution in [1.82, 2.24) is 0 Å². The van der Waals surface area contributed by atoms with E-state index in [1.807, 2.05) is 56.3 Å². The molecule has 0 aliphatic rings. The smallest absolute Gasteiger partial charge is 0.256 e. The molecule has 0 spiro atoms. The Hall–Kier alpha value is -1.46. The van der Waals surface area contributed by atoms with Crippen molar-refractivity contribution in [2.24, 2.45) is 0 Å². The lowest BCUT2D eigenvalue weighted by Crippen LogP contribution is -2.14. The summed E-state index contributed by atoms with van der Waals surface area (Å²) in [4.78, 5) is 15.1. The van der Waals surface area contributed by atoms with Crippen molar-refractivity contribution in [3.63, 3.8) is 0 Å². The molecule has 0 aliphatic heterocycles. The number of amides is 1. The van der Waals surface area contributed by atoms with Gasteiger partial charge in [-0.1, -0.05) is 6.07 Å². The number of nitrogens with one attached hydrogen (secondary N) is 1. The van der Waals surface area contributed by atoms with Gasteiger partial charge in [0.1, 0.15) is 0 Å². The number of carbonyl (C=O) groups is 1. The lowest BCUT2D eigenvalue weighted by molar-refractivity contribution is 0.102. The highest BCUT2D eigenvalue weighted by molar-refractivity contribution is 9.10. The zero-order valence-electron chi connectivity index (χ0n) is 12.1. The van der Waals surface area contributed by atoms with E-state index in [0.29, 0.717) is 5.56 Å². The Balaban J connectivity index is 2.27. The van der Waals surface area contributed by atoms with Gasteiger partial charge in [-0.05, 0) is 58.7 Å². The van der Waals surface area contributed by atoms with Crippen LogP contribution in [0.1, 0.15) is 15.9 Å². The maximum atomic E-state index is 12.4. The molecule has 1 amide bonds. The Kier molecular flexibility index (Phi) is 4.96. The number of thiol groups is 1. The molecule has 0 saturated heterocycles. The second-order valence-electron chi connectivity index (χ2n) is 5.01. The summed E-state index contributed by atoms with van der Waals surface area (Å²) in [5, 5.41) is 2.92. The minimum absolute atomic E-state index is 0.161. The number of anilines is 2. The minimum atomic E-state index is -0.161. The molecular formula is C16H17BrN2OS. The van der Waals surface area contributed by atoms with E-state index >= 15 is 0 Å². The quantitative estimate of drug-likeness (QED) is 0.792. The molecule has 110 valence electrons. The van der Waals surface area contributed by atoms with Crippen LogP contribution in [0.15, 0.2) is 45.8 Å². The standard InChI is InChI=1S/C16H17BrN2OS/c1-10-4-5-11(8-15(10)19(2)3)18-16(20)13-9-12(21)6-7-14(13)17/h4-9,21H,1-3H3,(H,18,20). The van der Waals surface area contributed by atoms with Crippen LogP contribution in [-0.4, -0.2) is 20.0 Å². The first-order valence-corrected chi connectivity index (χ1v) is 7.70. The maximum absolute atomic E-state index is 12.4. The van der Waals surface area contributed by atoms with Crippen LogP contribution in [0.5, 0.6) is 0 Å². The number of carbonyl (C=O) groups excluding carboxylic acids is 1. The number of aryl methyl sites for hydroxylation is 1. The van der Waals surface area contributed by atoms with Gasteiger partial charge in [-0.3, -0.25) is 4.79 Å². The lowest BCUT2D eigenvalue weighted by Gasteiger charge is -2.17. The van der Waals surface area contributed by atoms with Gasteiger partial charge in [-0.25, -0.2) is 0 Å². The molecule has 2 aromatic carbocycles. The molecule has 0 aliphatic carbocycles. The molecule has 0 saturated carbocycles. The van der Waals surface area contributed by atoms with Gasteiger partial charge in [0.05, 0.1) is 5.56 Å². The SMILES string of the molecule is Cc1ccc(NC(=O)c2cc(S)ccc2Br)cc1N(C)C. The van der Waals surface area contributed by atoms with Crippen molar-refractivity contribution < 1.29 is 4.79 Å². The van der Waals surface area contributed by atoms with Crippen LogP contribution in [-0.2, 0) is 0 Å². The molecule has 0 bridgehead atoms. The Labute approximate surface area is 138 Å². The third-order valence-corrected chi connectivity index (χ3v) is 4.11. The van der Waals surface area contributed by atoms with Gasteiger partial charge >= 0.3 is 0 Å². The Morgan fingerprint density at radius 2 is 1.90 bits per heavy atom. The summed E-state index contributed by atoms with van der Waals surface area (Å²) in [6.45, 7) is 2.04. The summed E-state index contributed by atoms with van der Waals surface area (Å²) >= 11 is 7.66. The van der Waals surface area contributed by atoms with Crippen LogP contribution in [0.2, 0.25) is 0 Å². The fraction of sp³-hybridized carbons (Fsp3) is 0.188. The van der Waals surface area contributed by atoms with Gasteiger partial charge in [0.15, 0.2) is 0 Å². The summed E-state index contributed by atoms with van der Waals surface area (Å²) in [5.74, 6) is -0.161. The van der Waals surface area contributed by atoms with E-state index in [1.54, 1.807) is 6.07 Å². The van der Waals surface area contributed by atoms with Crippen molar-refractivity contribution in [3.05, 3.63) is 52.0 Å². The highest BCUT2D eigenvalue weighted by Crippen LogP contribution is 2.25. The van der Waals surface area contributed by atoms with Crippen LogP contribution in [0.4, 0.5) is 11.4 Å². The summed E-state index contributed by atoms with van der Waals surface area (Å²) in [6, 6.07) is 11.3. The molecule has 0 atom stereocenters. The van der Waals surface area contributed by atoms with Crippen LogP contribution >= 0.6 is 28.6 Å². The van der Waals surface area contributed by atoms with Crippen molar-refractivity contribution in [1.29, 1.82) is 0 Å². The Bertz CT molecular complexity index is 686. The largest absolute Gasteiger partial charge is 0.377 e. The van der Waals surface area contributed by atoms with Crippen molar-refractivity contribution >= 4 is 45.8 Å². The molecule has 0 radical (unpaired) electrons. The summed E-state index contributed by atoms with van der Waals surface area (Å²) < 4.78 is 0.748. The monoisotopic (exact) mass is 364 g/mol. The summed E-state index contributed by atoms with van der Waals surface area (Å²) in [6.07, 6.45) is 0. The van der Waals surface area contributed by atoms with E-state index in [-0.39, 0.29) is 5.91 Å². The van der Waals surface area contributed by atoms with Gasteiger partial charge < -0.3 is 10.2 Å². The van der Waals surface area contributed by atoms with Crippen molar-refractivity contribution in [2.75, 3.05) is 24.3 Å². The molecule has 0 heterocycles. The van der Waals surface area contributed by atoms with Gasteiger partial charge in [0.25, 0.3) is 5.91 Å². The first-order chi connectivity index (χ1) is 9.88. The normalized spacial score (nSPS) is 10.3. The molecule has 5 heteroatoms. The van der Waals surface area contributed by atoms with E-state index in [4.69, 9.17) is 0 Å². The van der Waals surface area contributed by atoms with E-state index < -0.39 is 0 Å². The molecule has 3 nitrogen and oxygen atoms in total. The van der Waals surface area contributed by atoms with E-state index in [1.165, 1.54) is 0 Å². The first-order valence-electron chi connectivity index (χ1n) is 6.46. The van der Waals surface area contributed by atoms with Crippen LogP contribution < -0.4 is 10.2 Å². The molecular weight excluding hydrogens is 348 g/mol. The van der Waals surface area contributed by atoms with Gasteiger partial charge in [-0.15, -0.1) is 12.6 Å². The molecule has 21 heavy (non-hydrogen) atoms. The van der Waals surface area contributed by atoms with Crippen molar-refractivity contribution in [3.8, 4) is 0 Å². The van der Waals surface area contributed by atoms with Crippen LogP contribution in [0.3, 0.4) is 0 Å². The van der Waals surface area contributed by atoms with E-state index in [2.05, 4.69) is 33.9 Å². The number of nitrogens with zero attached hydrogens (tertiary/aromatic N) is 1. The molecule has 2 aromatic rings. The van der Waals surface area contributed by atoms with Crippen LogP contribution in [0.25, 0.3) is 0 Å². The predicted octanol–water partition coefficient (Wildman–Crippen LogP) is 4.36. The number of halogens is 1. The maximum Gasteiger partial charge on any atom is 0.256 e. The lowest BCUT2D eigenvalue weighted by atomic mass is 10.1. The van der Waals surface area contributed by atoms with E-state index in [9.17, 15) is 4.79 Å². The molecule has 0 aromatic heterocycles. The summed E-state index contributed by atoms with van der Waals surface area (Å²) in [7, 11) is 3.96. The Morgan fingerprint density at radius 1 is 1.19 bits per heavy atom. The zero-order chi connectivity index (χ0) is 15.6. The second-order valence-corrected chi connectivity index (χ2v) is 6.38. The number of rotatable bonds is 3. The number of hydrogen-bond acceptors (Lipinski definition) is 3. The molecule has 0 fully saturated rings. The third kappa shape index (κ3) is 3.80. The number of hydrogen-bond donors (Lipinski definition) is 2. The van der Waals surface area contributed by atoms with Gasteiger partial charge in [0, 0.05) is 34.8 Å². The fourth-order valence-electron chi connectivity index (χ4n) is 2.05. The van der Waals surface area contributed by atoms with Gasteiger partial charge in [0.2, 0.25) is 0 Å². The second kappa shape index (κ2) is 6.54. The minimum Gasteiger partial charge on any atom is -0.377 e. The fourth-order valence-corrected chi connectivity index (χ4v) is 2.68. The highest BCUT2D eigenvalue weighted by atomic mass is 79.9. The van der Waals surface area contributed by atoms with Gasteiger partial charge in [-0.2, -0.15) is 0 Å². The average Bonchev–Trinajstić information content (AvgIpc) is 2.43. The predicted molar refractivity (Wildman–Crippen MR) is 94.9 cm³/mol. The first kappa shape index (κ1) is 15.9. The highest BCUT2D eigenvalue weighted by Gasteiger charge is 2.11. The van der Waals surface area contributed by atoms with Crippen molar-refractivity contribution in [2.45, 2.75) is 11.8 Å². The summed E-state index contributed by atoms with van der Waals surface area (Å²) in [5.41, 5.74) is 3.58. The molecule has 2 rings (SSSR count). The topological polar surface area (TPSA) is 32.3 Å². The zero-order valence-corrected chi connectivity index (χ0v) is 14.6. The molecule has 1 N–H and O–H groups in total. The third-order valence-electron chi connectivity index (χ3n) is 3.14. The van der Waals surface area contributed by atoms with E-state index in [0.717, 1.165) is 26.3 Å². The number of benzene rings is 2. The molecule has 0 unspecified atom stereocenters. The Morgan fingerprint density at radius 3 is 2.57 bits per heavy atom. The van der Waals surface area contributed by atoms with Crippen LogP contribution in [0, 0.1) is 6.92 Å².